The number of hydrogen-bond acceptors (Lipinski definition) is 2. The molecule has 2 rings (SSSR count). The quantitative estimate of drug-likeness (QED) is 0.682. The molecule has 1 unspecified atom stereocenters. The summed E-state index contributed by atoms with van der Waals surface area (Å²) < 4.78 is 11.6. The van der Waals surface area contributed by atoms with Crippen LogP contribution in [-0.2, 0) is 0 Å². The van der Waals surface area contributed by atoms with Crippen LogP contribution in [0.15, 0.2) is 29.8 Å². The zero-order chi connectivity index (χ0) is 15.1. The third-order valence-corrected chi connectivity index (χ3v) is 3.47. The first-order chi connectivity index (χ1) is 9.08. The van der Waals surface area contributed by atoms with E-state index in [0.717, 1.165) is 11.5 Å². The molecule has 0 radical (unpaired) electrons. The maximum Gasteiger partial charge on any atom is 0.246 e. The van der Waals surface area contributed by atoms with E-state index in [-0.39, 0.29) is 5.41 Å². The number of rotatable bonds is 2. The van der Waals surface area contributed by atoms with Crippen LogP contribution in [-0.4, -0.2) is 5.79 Å². The van der Waals surface area contributed by atoms with Crippen LogP contribution in [0, 0.1) is 5.41 Å². The van der Waals surface area contributed by atoms with E-state index >= 15 is 0 Å². The van der Waals surface area contributed by atoms with Gasteiger partial charge in [0.1, 0.15) is 0 Å². The van der Waals surface area contributed by atoms with E-state index in [0.29, 0.717) is 5.92 Å². The van der Waals surface area contributed by atoms with Gasteiger partial charge in [-0.05, 0) is 37.0 Å². The van der Waals surface area contributed by atoms with Gasteiger partial charge in [0.05, 0.1) is 0 Å². The van der Waals surface area contributed by atoms with E-state index in [4.69, 9.17) is 9.47 Å². The maximum absolute atomic E-state index is 5.86. The fraction of sp³-hybridized carbons (Fsp3) is 0.556. The van der Waals surface area contributed by atoms with Crippen LogP contribution in [0.2, 0.25) is 0 Å². The summed E-state index contributed by atoms with van der Waals surface area (Å²) in [5, 5.41) is 0. The van der Waals surface area contributed by atoms with Crippen LogP contribution in [0.1, 0.15) is 59.9 Å². The van der Waals surface area contributed by atoms with Crippen LogP contribution >= 0.6 is 0 Å². The summed E-state index contributed by atoms with van der Waals surface area (Å²) in [6.45, 7) is 15.0. The first kappa shape index (κ1) is 15.0. The normalized spacial score (nSPS) is 17.8. The Morgan fingerprint density at radius 1 is 1.10 bits per heavy atom. The lowest BCUT2D eigenvalue weighted by molar-refractivity contribution is -0.0431. The van der Waals surface area contributed by atoms with Gasteiger partial charge < -0.3 is 9.47 Å². The molecule has 1 aromatic rings. The van der Waals surface area contributed by atoms with Crippen LogP contribution < -0.4 is 9.47 Å². The maximum atomic E-state index is 5.86. The second kappa shape index (κ2) is 4.83. The van der Waals surface area contributed by atoms with Crippen LogP contribution in [0.5, 0.6) is 11.5 Å². The first-order valence-electron chi connectivity index (χ1n) is 7.25. The Morgan fingerprint density at radius 2 is 1.70 bits per heavy atom. The minimum absolute atomic E-state index is 0.167. The molecule has 0 aromatic heterocycles. The molecular weight excluding hydrogens is 248 g/mol. The average Bonchev–Trinajstić information content (AvgIpc) is 2.56. The molecule has 110 valence electrons. The Kier molecular flexibility index (Phi) is 3.62. The highest BCUT2D eigenvalue weighted by Crippen LogP contribution is 2.44. The smallest absolute Gasteiger partial charge is 0.246 e. The zero-order valence-corrected chi connectivity index (χ0v) is 13.7. The average molecular weight is 274 g/mol. The van der Waals surface area contributed by atoms with E-state index in [1.807, 2.05) is 19.9 Å². The summed E-state index contributed by atoms with van der Waals surface area (Å²) >= 11 is 0. The SMILES string of the molecule is CC(C)=CC(c1ccc2c(c1)OC(C)(C)O2)C(C)(C)C. The van der Waals surface area contributed by atoms with Gasteiger partial charge >= 0.3 is 0 Å². The lowest BCUT2D eigenvalue weighted by Crippen LogP contribution is -2.29. The molecule has 0 spiro atoms. The van der Waals surface area contributed by atoms with E-state index in [1.54, 1.807) is 0 Å². The summed E-state index contributed by atoms with van der Waals surface area (Å²) in [5.74, 6) is 1.49. The minimum atomic E-state index is -0.561. The van der Waals surface area contributed by atoms with Gasteiger partial charge in [0.15, 0.2) is 11.5 Å². The fourth-order valence-corrected chi connectivity index (χ4v) is 2.61. The lowest BCUT2D eigenvalue weighted by atomic mass is 9.75. The van der Waals surface area contributed by atoms with Gasteiger partial charge in [-0.25, -0.2) is 0 Å². The largest absolute Gasteiger partial charge is 0.449 e. The Balaban J connectivity index is 2.41. The van der Waals surface area contributed by atoms with Crippen molar-refractivity contribution >= 4 is 0 Å². The summed E-state index contributed by atoms with van der Waals surface area (Å²) in [5.41, 5.74) is 2.78. The molecule has 0 aliphatic carbocycles. The Morgan fingerprint density at radius 3 is 2.25 bits per heavy atom. The molecule has 1 aromatic carbocycles. The van der Waals surface area contributed by atoms with Gasteiger partial charge in [-0.1, -0.05) is 38.5 Å². The van der Waals surface area contributed by atoms with Gasteiger partial charge in [0.2, 0.25) is 5.79 Å². The van der Waals surface area contributed by atoms with Gasteiger partial charge in [-0.15, -0.1) is 0 Å². The van der Waals surface area contributed by atoms with Crippen LogP contribution in [0.25, 0.3) is 0 Å². The van der Waals surface area contributed by atoms with Crippen LogP contribution in [0.3, 0.4) is 0 Å². The standard InChI is InChI=1S/C18H26O2/c1-12(2)10-14(17(3,4)5)13-8-9-15-16(11-13)20-18(6,7)19-15/h8-11,14H,1-7H3. The van der Waals surface area contributed by atoms with Crippen molar-refractivity contribution in [2.75, 3.05) is 0 Å². The molecular formula is C18H26O2. The van der Waals surface area contributed by atoms with E-state index < -0.39 is 5.79 Å². The van der Waals surface area contributed by atoms with Crippen molar-refractivity contribution in [1.29, 1.82) is 0 Å². The van der Waals surface area contributed by atoms with Gasteiger partial charge in [-0.2, -0.15) is 0 Å². The van der Waals surface area contributed by atoms with Gasteiger partial charge in [0.25, 0.3) is 0 Å². The third-order valence-electron chi connectivity index (χ3n) is 3.47. The predicted octanol–water partition coefficient (Wildman–Crippen LogP) is 5.29. The van der Waals surface area contributed by atoms with Crippen molar-refractivity contribution in [2.24, 2.45) is 5.41 Å². The summed E-state index contributed by atoms with van der Waals surface area (Å²) in [6.07, 6.45) is 2.34. The van der Waals surface area contributed by atoms with E-state index in [2.05, 4.69) is 52.8 Å². The molecule has 2 nitrogen and oxygen atoms in total. The lowest BCUT2D eigenvalue weighted by Gasteiger charge is -2.29. The molecule has 0 amide bonds. The second-order valence-electron chi connectivity index (χ2n) is 7.40. The fourth-order valence-electron chi connectivity index (χ4n) is 2.61. The van der Waals surface area contributed by atoms with Crippen molar-refractivity contribution < 1.29 is 9.47 Å². The first-order valence-corrected chi connectivity index (χ1v) is 7.25. The predicted molar refractivity (Wildman–Crippen MR) is 83.4 cm³/mol. The summed E-state index contributed by atoms with van der Waals surface area (Å²) in [4.78, 5) is 0. The third kappa shape index (κ3) is 3.17. The van der Waals surface area contributed by atoms with Crippen molar-refractivity contribution in [1.82, 2.24) is 0 Å². The molecule has 1 heterocycles. The van der Waals surface area contributed by atoms with Gasteiger partial charge in [0, 0.05) is 19.8 Å². The highest BCUT2D eigenvalue weighted by Gasteiger charge is 2.33. The van der Waals surface area contributed by atoms with Crippen molar-refractivity contribution in [3.8, 4) is 11.5 Å². The molecule has 20 heavy (non-hydrogen) atoms. The highest BCUT2D eigenvalue weighted by atomic mass is 16.7. The van der Waals surface area contributed by atoms with Crippen molar-refractivity contribution in [2.45, 2.75) is 60.2 Å². The number of ether oxygens (including phenoxy) is 2. The molecule has 1 aliphatic heterocycles. The van der Waals surface area contributed by atoms with E-state index in [9.17, 15) is 0 Å². The number of fused-ring (bicyclic) bond motifs is 1. The molecule has 0 N–H and O–H groups in total. The molecule has 2 heteroatoms. The topological polar surface area (TPSA) is 18.5 Å². The second-order valence-corrected chi connectivity index (χ2v) is 7.40. The Labute approximate surface area is 122 Å². The Hall–Kier alpha value is -1.44. The summed E-state index contributed by atoms with van der Waals surface area (Å²) in [7, 11) is 0. The van der Waals surface area contributed by atoms with E-state index in [1.165, 1.54) is 11.1 Å². The summed E-state index contributed by atoms with van der Waals surface area (Å²) in [6, 6.07) is 6.30. The number of allylic oxidation sites excluding steroid dienone is 2. The number of hydrogen-bond donors (Lipinski definition) is 0. The van der Waals surface area contributed by atoms with Crippen molar-refractivity contribution in [3.05, 3.63) is 35.4 Å². The Bertz CT molecular complexity index is 529. The van der Waals surface area contributed by atoms with Crippen molar-refractivity contribution in [3.63, 3.8) is 0 Å². The van der Waals surface area contributed by atoms with Gasteiger partial charge in [-0.3, -0.25) is 0 Å². The zero-order valence-electron chi connectivity index (χ0n) is 13.7. The number of benzene rings is 1. The molecule has 0 bridgehead atoms. The van der Waals surface area contributed by atoms with Crippen LogP contribution in [0.4, 0.5) is 0 Å². The monoisotopic (exact) mass is 274 g/mol. The molecule has 0 fully saturated rings. The molecule has 1 aliphatic rings. The molecule has 0 saturated carbocycles. The minimum Gasteiger partial charge on any atom is -0.449 e. The molecule has 0 saturated heterocycles. The highest BCUT2D eigenvalue weighted by molar-refractivity contribution is 5.47. The molecule has 1 atom stereocenters.